The molecule has 2 aliphatic rings. The van der Waals surface area contributed by atoms with Crippen molar-refractivity contribution in [1.29, 1.82) is 0 Å². The molecule has 0 fully saturated rings. The monoisotopic (exact) mass is 555 g/mol. The average Bonchev–Trinajstić information content (AvgIpc) is 3.21. The molecule has 0 saturated heterocycles. The Hall–Kier alpha value is -2.75. The lowest BCUT2D eigenvalue weighted by Crippen LogP contribution is -2.35. The SMILES string of the molecule is CC1=C(S/C(=C/C(=O)OC(C)(C)C)NC(=O)NCc2c(-c3ccccc3O)sc3c2CCNC3)CCCC1. The zero-order valence-electron chi connectivity index (χ0n) is 22.5. The Labute approximate surface area is 233 Å². The molecule has 0 bridgehead atoms. The van der Waals surface area contributed by atoms with Crippen molar-refractivity contribution in [2.45, 2.75) is 78.5 Å². The van der Waals surface area contributed by atoms with E-state index in [4.69, 9.17) is 4.74 Å². The van der Waals surface area contributed by atoms with Crippen LogP contribution in [0.25, 0.3) is 10.4 Å². The van der Waals surface area contributed by atoms with Gasteiger partial charge < -0.3 is 25.8 Å². The van der Waals surface area contributed by atoms with Crippen molar-refractivity contribution in [3.63, 3.8) is 0 Å². The minimum Gasteiger partial charge on any atom is -0.507 e. The van der Waals surface area contributed by atoms with Gasteiger partial charge >= 0.3 is 12.0 Å². The second-order valence-electron chi connectivity index (χ2n) is 10.6. The van der Waals surface area contributed by atoms with E-state index in [2.05, 4.69) is 22.9 Å². The van der Waals surface area contributed by atoms with Crippen LogP contribution in [-0.4, -0.2) is 29.3 Å². The second-order valence-corrected chi connectivity index (χ2v) is 12.9. The number of thiophene rings is 1. The standard InChI is InChI=1S/C29H37N3O4S2/c1-18-9-5-8-12-23(18)37-25(15-26(34)36-29(2,3)4)32-28(35)31-16-21-19-13-14-30-17-24(19)38-27(21)20-10-6-7-11-22(20)33/h6-7,10-11,15,30,33H,5,8-9,12-14,16-17H2,1-4H3,(H2,31,32,35)/b25-15+. The van der Waals surface area contributed by atoms with Crippen molar-refractivity contribution in [2.24, 2.45) is 0 Å². The Balaban J connectivity index is 1.53. The van der Waals surface area contributed by atoms with E-state index in [0.29, 0.717) is 11.6 Å². The number of rotatable bonds is 7. The minimum atomic E-state index is -0.627. The number of aromatic hydroxyl groups is 1. The lowest BCUT2D eigenvalue weighted by molar-refractivity contribution is -0.148. The van der Waals surface area contributed by atoms with Crippen molar-refractivity contribution in [1.82, 2.24) is 16.0 Å². The van der Waals surface area contributed by atoms with Gasteiger partial charge in [0, 0.05) is 28.4 Å². The second kappa shape index (κ2) is 12.4. The van der Waals surface area contributed by atoms with Gasteiger partial charge in [0.15, 0.2) is 0 Å². The maximum atomic E-state index is 13.1. The number of carbonyl (C=O) groups is 2. The van der Waals surface area contributed by atoms with Gasteiger partial charge in [0.25, 0.3) is 0 Å². The fourth-order valence-electron chi connectivity index (χ4n) is 4.62. The van der Waals surface area contributed by atoms with Gasteiger partial charge in [-0.25, -0.2) is 9.59 Å². The molecular formula is C29H37N3O4S2. The van der Waals surface area contributed by atoms with Gasteiger partial charge in [-0.1, -0.05) is 29.5 Å². The summed E-state index contributed by atoms with van der Waals surface area (Å²) in [5.74, 6) is -0.268. The molecule has 1 aliphatic heterocycles. The smallest absolute Gasteiger partial charge is 0.333 e. The van der Waals surface area contributed by atoms with E-state index in [9.17, 15) is 14.7 Å². The van der Waals surface area contributed by atoms with E-state index in [1.165, 1.54) is 38.8 Å². The highest BCUT2D eigenvalue weighted by molar-refractivity contribution is 8.06. The minimum absolute atomic E-state index is 0.222. The zero-order valence-corrected chi connectivity index (χ0v) is 24.2. The first-order chi connectivity index (χ1) is 18.1. The number of allylic oxidation sites excluding steroid dienone is 2. The molecule has 9 heteroatoms. The number of benzene rings is 1. The molecule has 0 saturated carbocycles. The van der Waals surface area contributed by atoms with Crippen LogP contribution in [-0.2, 0) is 29.0 Å². The van der Waals surface area contributed by atoms with Crippen LogP contribution in [0.5, 0.6) is 5.75 Å². The molecule has 7 nitrogen and oxygen atoms in total. The topological polar surface area (TPSA) is 99.7 Å². The van der Waals surface area contributed by atoms with Crippen LogP contribution < -0.4 is 16.0 Å². The number of para-hydroxylation sites is 1. The number of fused-ring (bicyclic) bond motifs is 1. The Morgan fingerprint density at radius 1 is 1.18 bits per heavy atom. The highest BCUT2D eigenvalue weighted by Gasteiger charge is 2.24. The van der Waals surface area contributed by atoms with E-state index in [1.54, 1.807) is 23.5 Å². The quantitative estimate of drug-likeness (QED) is 0.235. The number of hydrogen-bond acceptors (Lipinski definition) is 7. The molecule has 0 atom stereocenters. The van der Waals surface area contributed by atoms with Crippen LogP contribution in [0.15, 0.2) is 45.8 Å². The molecule has 0 unspecified atom stereocenters. The lowest BCUT2D eigenvalue weighted by atomic mass is 9.99. The normalized spacial score (nSPS) is 16.2. The summed E-state index contributed by atoms with van der Waals surface area (Å²) < 4.78 is 5.48. The number of hydrogen-bond donors (Lipinski definition) is 4. The molecule has 4 N–H and O–H groups in total. The van der Waals surface area contributed by atoms with E-state index in [1.807, 2.05) is 32.9 Å². The van der Waals surface area contributed by atoms with Crippen LogP contribution in [0.2, 0.25) is 0 Å². The van der Waals surface area contributed by atoms with Gasteiger partial charge in [-0.3, -0.25) is 0 Å². The highest BCUT2D eigenvalue weighted by Crippen LogP contribution is 2.42. The van der Waals surface area contributed by atoms with Gasteiger partial charge in [-0.2, -0.15) is 0 Å². The molecule has 2 aromatic rings. The van der Waals surface area contributed by atoms with Crippen molar-refractivity contribution in [2.75, 3.05) is 6.54 Å². The number of thioether (sulfide) groups is 1. The van der Waals surface area contributed by atoms with Gasteiger partial charge in [-0.15, -0.1) is 11.3 Å². The molecule has 38 heavy (non-hydrogen) atoms. The van der Waals surface area contributed by atoms with E-state index in [-0.39, 0.29) is 5.75 Å². The molecule has 0 radical (unpaired) electrons. The number of phenols is 1. The summed E-state index contributed by atoms with van der Waals surface area (Å²) in [6.07, 6.45) is 6.46. The van der Waals surface area contributed by atoms with Crippen LogP contribution in [0.3, 0.4) is 0 Å². The summed E-state index contributed by atoms with van der Waals surface area (Å²) in [6.45, 7) is 9.53. The van der Waals surface area contributed by atoms with Crippen molar-refractivity contribution in [3.05, 3.63) is 61.9 Å². The first kappa shape index (κ1) is 28.3. The number of urea groups is 1. The maximum absolute atomic E-state index is 13.1. The zero-order chi connectivity index (χ0) is 27.3. The maximum Gasteiger partial charge on any atom is 0.333 e. The summed E-state index contributed by atoms with van der Waals surface area (Å²) in [7, 11) is 0. The molecule has 2 amide bonds. The van der Waals surface area contributed by atoms with Crippen molar-refractivity contribution >= 4 is 35.1 Å². The first-order valence-electron chi connectivity index (χ1n) is 13.1. The lowest BCUT2D eigenvalue weighted by Gasteiger charge is -2.21. The number of amides is 2. The van der Waals surface area contributed by atoms with Gasteiger partial charge in [0.1, 0.15) is 11.4 Å². The van der Waals surface area contributed by atoms with E-state index in [0.717, 1.165) is 61.2 Å². The summed E-state index contributed by atoms with van der Waals surface area (Å²) in [4.78, 5) is 29.1. The Bertz CT molecular complexity index is 1260. The molecule has 1 aromatic heterocycles. The van der Waals surface area contributed by atoms with Crippen molar-refractivity contribution < 1.29 is 19.4 Å². The molecule has 0 spiro atoms. The summed E-state index contributed by atoms with van der Waals surface area (Å²) >= 11 is 3.09. The average molecular weight is 556 g/mol. The molecule has 2 heterocycles. The Morgan fingerprint density at radius 2 is 1.95 bits per heavy atom. The van der Waals surface area contributed by atoms with Crippen molar-refractivity contribution in [3.8, 4) is 16.2 Å². The van der Waals surface area contributed by atoms with Gasteiger partial charge in [0.05, 0.1) is 11.1 Å². The summed E-state index contributed by atoms with van der Waals surface area (Å²) in [5, 5.41) is 20.3. The third-order valence-corrected chi connectivity index (χ3v) is 8.97. The van der Waals surface area contributed by atoms with Crippen LogP contribution >= 0.6 is 23.1 Å². The number of carbonyl (C=O) groups excluding carboxylic acids is 2. The molecular weight excluding hydrogens is 518 g/mol. The van der Waals surface area contributed by atoms with Gasteiger partial charge in [0.2, 0.25) is 0 Å². The Morgan fingerprint density at radius 3 is 2.68 bits per heavy atom. The van der Waals surface area contributed by atoms with Crippen LogP contribution in [0.4, 0.5) is 4.79 Å². The predicted octanol–water partition coefficient (Wildman–Crippen LogP) is 6.33. The number of nitrogens with one attached hydrogen (secondary N) is 3. The third kappa shape index (κ3) is 7.42. The van der Waals surface area contributed by atoms with E-state index >= 15 is 0 Å². The Kier molecular flexibility index (Phi) is 9.23. The molecule has 1 aliphatic carbocycles. The van der Waals surface area contributed by atoms with Crippen LogP contribution in [0, 0.1) is 0 Å². The molecule has 1 aromatic carbocycles. The fourth-order valence-corrected chi connectivity index (χ4v) is 7.08. The molecule has 4 rings (SSSR count). The number of phenolic OH excluding ortho intramolecular Hbond substituents is 1. The third-order valence-electron chi connectivity index (χ3n) is 6.42. The van der Waals surface area contributed by atoms with Crippen LogP contribution in [0.1, 0.15) is 69.4 Å². The summed E-state index contributed by atoms with van der Waals surface area (Å²) in [6, 6.07) is 6.91. The number of ether oxygens (including phenoxy) is 1. The fraction of sp³-hybridized carbons (Fsp3) is 0.448. The molecule has 204 valence electrons. The summed E-state index contributed by atoms with van der Waals surface area (Å²) in [5.41, 5.74) is 3.69. The van der Waals surface area contributed by atoms with Gasteiger partial charge in [-0.05, 0) is 94.5 Å². The van der Waals surface area contributed by atoms with E-state index < -0.39 is 17.6 Å². The number of esters is 1. The first-order valence-corrected chi connectivity index (χ1v) is 14.7. The largest absolute Gasteiger partial charge is 0.507 e. The predicted molar refractivity (Wildman–Crippen MR) is 155 cm³/mol. The highest BCUT2D eigenvalue weighted by atomic mass is 32.2.